The number of fused-ring (bicyclic) bond motifs is 1. The molecule has 0 fully saturated rings. The average Bonchev–Trinajstić information content (AvgIpc) is 2.54. The first-order valence-corrected chi connectivity index (χ1v) is 8.53. The number of phenolic OH excluding ortho intramolecular Hbond substituents is 1. The van der Waals surface area contributed by atoms with Gasteiger partial charge in [0.25, 0.3) is 0 Å². The lowest BCUT2D eigenvalue weighted by atomic mass is 9.98. The third-order valence-corrected chi connectivity index (χ3v) is 4.47. The van der Waals surface area contributed by atoms with Gasteiger partial charge in [-0.05, 0) is 54.2 Å². The van der Waals surface area contributed by atoms with Gasteiger partial charge in [0.15, 0.2) is 5.75 Å². The largest absolute Gasteiger partial charge is 0.507 e. The molecule has 3 heteroatoms. The van der Waals surface area contributed by atoms with Gasteiger partial charge in [0.1, 0.15) is 11.5 Å². The van der Waals surface area contributed by atoms with Crippen molar-refractivity contribution in [1.29, 1.82) is 0 Å². The Bertz CT molecular complexity index is 819. The number of hydrogen-bond donors (Lipinski definition) is 1. The summed E-state index contributed by atoms with van der Waals surface area (Å²) in [4.78, 5) is 0. The standard InChI is InChI=1S/C21H21ClO2/c1-13(2)7-8-15-9-10-17(19(23)12-15)20-11-14(3)16-5-4-6-18(22)21(16)24-20/h4-6,9-13,23H,3,7-8H2,1-2H3. The molecule has 0 unspecified atom stereocenters. The minimum atomic E-state index is 0.214. The van der Waals surface area contributed by atoms with Gasteiger partial charge in [-0.2, -0.15) is 0 Å². The summed E-state index contributed by atoms with van der Waals surface area (Å²) in [6, 6.07) is 11.3. The third-order valence-electron chi connectivity index (χ3n) is 4.17. The molecule has 0 saturated heterocycles. The molecule has 0 radical (unpaired) electrons. The number of rotatable bonds is 4. The van der Waals surface area contributed by atoms with Crippen molar-refractivity contribution in [3.8, 4) is 11.5 Å². The lowest BCUT2D eigenvalue weighted by molar-refractivity contribution is 0.460. The fraction of sp³-hybridized carbons (Fsp3) is 0.238. The first kappa shape index (κ1) is 16.7. The van der Waals surface area contributed by atoms with E-state index in [0.29, 0.717) is 28.0 Å². The van der Waals surface area contributed by atoms with Crippen molar-refractivity contribution in [2.45, 2.75) is 26.7 Å². The minimum Gasteiger partial charge on any atom is -0.507 e. The van der Waals surface area contributed by atoms with E-state index in [0.717, 1.165) is 29.5 Å². The maximum Gasteiger partial charge on any atom is 0.153 e. The van der Waals surface area contributed by atoms with E-state index < -0.39 is 0 Å². The summed E-state index contributed by atoms with van der Waals surface area (Å²) in [6.07, 6.45) is 3.88. The highest BCUT2D eigenvalue weighted by Crippen LogP contribution is 2.42. The third kappa shape index (κ3) is 3.34. The molecular weight excluding hydrogens is 320 g/mol. The predicted molar refractivity (Wildman–Crippen MR) is 100 cm³/mol. The Hall–Kier alpha value is -2.19. The van der Waals surface area contributed by atoms with Gasteiger partial charge in [0, 0.05) is 5.56 Å². The van der Waals surface area contributed by atoms with Crippen molar-refractivity contribution in [1.82, 2.24) is 0 Å². The zero-order valence-corrected chi connectivity index (χ0v) is 14.7. The molecule has 0 spiro atoms. The van der Waals surface area contributed by atoms with Crippen LogP contribution in [0.25, 0.3) is 11.3 Å². The van der Waals surface area contributed by atoms with Crippen molar-refractivity contribution in [2.75, 3.05) is 0 Å². The van der Waals surface area contributed by atoms with Gasteiger partial charge in [-0.25, -0.2) is 0 Å². The van der Waals surface area contributed by atoms with Crippen molar-refractivity contribution in [2.24, 2.45) is 5.92 Å². The van der Waals surface area contributed by atoms with E-state index in [1.54, 1.807) is 6.07 Å². The summed E-state index contributed by atoms with van der Waals surface area (Å²) < 4.78 is 5.95. The Morgan fingerprint density at radius 2 is 1.96 bits per heavy atom. The molecule has 3 rings (SSSR count). The van der Waals surface area contributed by atoms with Crippen LogP contribution in [-0.4, -0.2) is 5.11 Å². The summed E-state index contributed by atoms with van der Waals surface area (Å²) >= 11 is 6.24. The molecule has 124 valence electrons. The van der Waals surface area contributed by atoms with Gasteiger partial charge in [0.05, 0.1) is 10.6 Å². The minimum absolute atomic E-state index is 0.214. The number of allylic oxidation sites excluding steroid dienone is 2. The van der Waals surface area contributed by atoms with E-state index in [-0.39, 0.29) is 5.75 Å². The number of hydrogen-bond acceptors (Lipinski definition) is 2. The van der Waals surface area contributed by atoms with Crippen LogP contribution in [0.4, 0.5) is 0 Å². The first-order valence-electron chi connectivity index (χ1n) is 8.15. The monoisotopic (exact) mass is 340 g/mol. The second kappa shape index (κ2) is 6.74. The maximum atomic E-state index is 10.4. The van der Waals surface area contributed by atoms with Crippen LogP contribution in [0, 0.1) is 5.92 Å². The maximum absolute atomic E-state index is 10.4. The number of halogens is 1. The molecule has 1 N–H and O–H groups in total. The Balaban J connectivity index is 1.90. The molecule has 0 saturated carbocycles. The summed E-state index contributed by atoms with van der Waals surface area (Å²) in [5, 5.41) is 11.0. The molecule has 1 aliphatic heterocycles. The summed E-state index contributed by atoms with van der Waals surface area (Å²) in [6.45, 7) is 8.46. The highest BCUT2D eigenvalue weighted by molar-refractivity contribution is 6.32. The summed E-state index contributed by atoms with van der Waals surface area (Å²) in [5.41, 5.74) is 3.46. The molecule has 0 amide bonds. The van der Waals surface area contributed by atoms with Gasteiger partial charge in [-0.3, -0.25) is 0 Å². The van der Waals surface area contributed by atoms with E-state index in [1.165, 1.54) is 0 Å². The Morgan fingerprint density at radius 1 is 1.17 bits per heavy atom. The Labute approximate surface area is 148 Å². The molecule has 0 atom stereocenters. The van der Waals surface area contributed by atoms with Gasteiger partial charge in [-0.15, -0.1) is 0 Å². The number of aryl methyl sites for hydroxylation is 1. The molecule has 2 aromatic rings. The van der Waals surface area contributed by atoms with Crippen LogP contribution in [0.3, 0.4) is 0 Å². The van der Waals surface area contributed by atoms with E-state index in [1.807, 2.05) is 36.4 Å². The zero-order chi connectivity index (χ0) is 17.3. The van der Waals surface area contributed by atoms with Crippen molar-refractivity contribution >= 4 is 22.9 Å². The fourth-order valence-electron chi connectivity index (χ4n) is 2.77. The summed E-state index contributed by atoms with van der Waals surface area (Å²) in [7, 11) is 0. The van der Waals surface area contributed by atoms with E-state index >= 15 is 0 Å². The number of benzene rings is 2. The molecule has 2 nitrogen and oxygen atoms in total. The number of para-hydroxylation sites is 1. The zero-order valence-electron chi connectivity index (χ0n) is 14.0. The van der Waals surface area contributed by atoms with Crippen molar-refractivity contribution in [3.05, 3.63) is 70.8 Å². The van der Waals surface area contributed by atoms with Crippen molar-refractivity contribution in [3.63, 3.8) is 0 Å². The smallest absolute Gasteiger partial charge is 0.153 e. The topological polar surface area (TPSA) is 29.5 Å². The van der Waals surface area contributed by atoms with Crippen LogP contribution in [0.5, 0.6) is 11.5 Å². The SMILES string of the molecule is C=C1C=C(c2ccc(CCC(C)C)cc2O)Oc2c(Cl)cccc21. The lowest BCUT2D eigenvalue weighted by Gasteiger charge is -2.21. The van der Waals surface area contributed by atoms with Gasteiger partial charge < -0.3 is 9.84 Å². The number of aromatic hydroxyl groups is 1. The predicted octanol–water partition coefficient (Wildman–Crippen LogP) is 6.08. The summed E-state index contributed by atoms with van der Waals surface area (Å²) in [5.74, 6) is 2.00. The van der Waals surface area contributed by atoms with E-state index in [4.69, 9.17) is 16.3 Å². The van der Waals surface area contributed by atoms with Crippen LogP contribution >= 0.6 is 11.6 Å². The second-order valence-corrected chi connectivity index (χ2v) is 6.94. The van der Waals surface area contributed by atoms with E-state index in [9.17, 15) is 5.11 Å². The van der Waals surface area contributed by atoms with Crippen molar-refractivity contribution < 1.29 is 9.84 Å². The fourth-order valence-corrected chi connectivity index (χ4v) is 2.98. The molecule has 2 aromatic carbocycles. The van der Waals surface area contributed by atoms with Gasteiger partial charge >= 0.3 is 0 Å². The van der Waals surface area contributed by atoms with Gasteiger partial charge in [0.2, 0.25) is 0 Å². The molecular formula is C21H21ClO2. The molecule has 1 heterocycles. The molecule has 1 aliphatic rings. The average molecular weight is 341 g/mol. The Kier molecular flexibility index (Phi) is 4.68. The number of phenols is 1. The quantitative estimate of drug-likeness (QED) is 0.730. The van der Waals surface area contributed by atoms with Crippen LogP contribution in [0.15, 0.2) is 49.1 Å². The van der Waals surface area contributed by atoms with Crippen LogP contribution in [0.1, 0.15) is 37.0 Å². The highest BCUT2D eigenvalue weighted by atomic mass is 35.5. The van der Waals surface area contributed by atoms with Crippen LogP contribution in [0.2, 0.25) is 5.02 Å². The first-order chi connectivity index (χ1) is 11.5. The normalized spacial score (nSPS) is 13.5. The number of ether oxygens (including phenoxy) is 1. The molecule has 0 bridgehead atoms. The van der Waals surface area contributed by atoms with Crippen LogP contribution in [-0.2, 0) is 6.42 Å². The Morgan fingerprint density at radius 3 is 2.67 bits per heavy atom. The van der Waals surface area contributed by atoms with E-state index in [2.05, 4.69) is 20.4 Å². The lowest BCUT2D eigenvalue weighted by Crippen LogP contribution is -2.04. The van der Waals surface area contributed by atoms with Gasteiger partial charge in [-0.1, -0.05) is 50.2 Å². The second-order valence-electron chi connectivity index (χ2n) is 6.54. The molecule has 0 aliphatic carbocycles. The molecule has 0 aromatic heterocycles. The van der Waals surface area contributed by atoms with Crippen LogP contribution < -0.4 is 4.74 Å². The molecule has 24 heavy (non-hydrogen) atoms. The highest BCUT2D eigenvalue weighted by Gasteiger charge is 2.21.